The Kier molecular flexibility index (Phi) is 5.47. The Labute approximate surface area is 157 Å². The normalized spacial score (nSPS) is 15.3. The zero-order valence-corrected chi connectivity index (χ0v) is 15.7. The first-order chi connectivity index (χ1) is 12.3. The van der Waals surface area contributed by atoms with E-state index in [4.69, 9.17) is 0 Å². The van der Waals surface area contributed by atoms with Crippen molar-refractivity contribution in [1.82, 2.24) is 19.6 Å². The SMILES string of the molecule is Cn1cc(Br)c(C(=O)N2CCN(CC(=O)c3ccc(F)c(F)c3)CC2)n1. The van der Waals surface area contributed by atoms with Gasteiger partial charge in [-0.15, -0.1) is 0 Å². The number of hydrogen-bond donors (Lipinski definition) is 0. The molecule has 2 aromatic rings. The highest BCUT2D eigenvalue weighted by atomic mass is 79.9. The van der Waals surface area contributed by atoms with Crippen molar-refractivity contribution in [3.8, 4) is 0 Å². The van der Waals surface area contributed by atoms with Crippen LogP contribution in [-0.4, -0.2) is 64.0 Å². The minimum absolute atomic E-state index is 0.0976. The second kappa shape index (κ2) is 7.63. The average Bonchev–Trinajstić information content (AvgIpc) is 2.95. The highest BCUT2D eigenvalue weighted by molar-refractivity contribution is 9.10. The summed E-state index contributed by atoms with van der Waals surface area (Å²) in [6.45, 7) is 2.07. The van der Waals surface area contributed by atoms with E-state index >= 15 is 0 Å². The van der Waals surface area contributed by atoms with Crippen LogP contribution >= 0.6 is 15.9 Å². The summed E-state index contributed by atoms with van der Waals surface area (Å²) < 4.78 is 28.4. The lowest BCUT2D eigenvalue weighted by molar-refractivity contribution is 0.0617. The van der Waals surface area contributed by atoms with E-state index in [1.807, 2.05) is 4.90 Å². The fourth-order valence-corrected chi connectivity index (χ4v) is 3.37. The van der Waals surface area contributed by atoms with E-state index in [2.05, 4.69) is 21.0 Å². The first-order valence-corrected chi connectivity index (χ1v) is 8.83. The van der Waals surface area contributed by atoms with Crippen LogP contribution in [0.25, 0.3) is 0 Å². The molecule has 0 aliphatic carbocycles. The largest absolute Gasteiger partial charge is 0.335 e. The number of halogens is 3. The zero-order chi connectivity index (χ0) is 18.8. The summed E-state index contributed by atoms with van der Waals surface area (Å²) >= 11 is 3.32. The molecule has 1 fully saturated rings. The van der Waals surface area contributed by atoms with E-state index < -0.39 is 11.6 Å². The Hall–Kier alpha value is -2.13. The number of rotatable bonds is 4. The number of aryl methyl sites for hydroxylation is 1. The van der Waals surface area contributed by atoms with Gasteiger partial charge in [-0.2, -0.15) is 5.10 Å². The zero-order valence-electron chi connectivity index (χ0n) is 14.1. The van der Waals surface area contributed by atoms with Crippen LogP contribution in [0.3, 0.4) is 0 Å². The molecule has 0 spiro atoms. The van der Waals surface area contributed by atoms with E-state index in [-0.39, 0.29) is 23.8 Å². The molecule has 138 valence electrons. The van der Waals surface area contributed by atoms with Crippen molar-refractivity contribution in [1.29, 1.82) is 0 Å². The molecule has 0 N–H and O–H groups in total. The molecule has 1 aromatic carbocycles. The number of piperazine rings is 1. The molecule has 1 aliphatic rings. The third-order valence-corrected chi connectivity index (χ3v) is 4.84. The molecule has 0 unspecified atom stereocenters. The van der Waals surface area contributed by atoms with E-state index in [9.17, 15) is 18.4 Å². The summed E-state index contributed by atoms with van der Waals surface area (Å²) in [6, 6.07) is 3.14. The molecule has 0 atom stereocenters. The number of Topliss-reactive ketones (excluding diaryl/α,β-unsaturated/α-hetero) is 1. The van der Waals surface area contributed by atoms with Gasteiger partial charge >= 0.3 is 0 Å². The van der Waals surface area contributed by atoms with Crippen LogP contribution in [-0.2, 0) is 7.05 Å². The fraction of sp³-hybridized carbons (Fsp3) is 0.353. The first-order valence-electron chi connectivity index (χ1n) is 8.04. The minimum Gasteiger partial charge on any atom is -0.335 e. The third kappa shape index (κ3) is 3.99. The lowest BCUT2D eigenvalue weighted by atomic mass is 10.1. The Morgan fingerprint density at radius 1 is 1.15 bits per heavy atom. The monoisotopic (exact) mass is 426 g/mol. The number of benzene rings is 1. The molecule has 1 saturated heterocycles. The Balaban J connectivity index is 1.56. The third-order valence-electron chi connectivity index (χ3n) is 4.26. The predicted molar refractivity (Wildman–Crippen MR) is 93.9 cm³/mol. The number of amides is 1. The van der Waals surface area contributed by atoms with Crippen molar-refractivity contribution in [3.05, 3.63) is 51.8 Å². The summed E-state index contributed by atoms with van der Waals surface area (Å²) in [6.07, 6.45) is 1.71. The lowest BCUT2D eigenvalue weighted by Gasteiger charge is -2.34. The van der Waals surface area contributed by atoms with Crippen molar-refractivity contribution in [2.45, 2.75) is 0 Å². The first kappa shape index (κ1) is 18.7. The molecular formula is C17H17BrF2N4O2. The van der Waals surface area contributed by atoms with Crippen LogP contribution in [0.2, 0.25) is 0 Å². The van der Waals surface area contributed by atoms with Gasteiger partial charge in [-0.3, -0.25) is 19.2 Å². The van der Waals surface area contributed by atoms with Crippen molar-refractivity contribution >= 4 is 27.6 Å². The fourth-order valence-electron chi connectivity index (χ4n) is 2.83. The maximum atomic E-state index is 13.3. The van der Waals surface area contributed by atoms with Gasteiger partial charge in [-0.05, 0) is 34.1 Å². The van der Waals surface area contributed by atoms with Crippen LogP contribution < -0.4 is 0 Å². The molecule has 3 rings (SSSR count). The highest BCUT2D eigenvalue weighted by Crippen LogP contribution is 2.17. The second-order valence-electron chi connectivity index (χ2n) is 6.12. The van der Waals surface area contributed by atoms with Gasteiger partial charge in [-0.1, -0.05) is 0 Å². The van der Waals surface area contributed by atoms with Gasteiger partial charge in [0.25, 0.3) is 5.91 Å². The van der Waals surface area contributed by atoms with Gasteiger partial charge < -0.3 is 4.90 Å². The molecule has 0 saturated carbocycles. The van der Waals surface area contributed by atoms with Gasteiger partial charge in [0, 0.05) is 45.0 Å². The Morgan fingerprint density at radius 2 is 1.85 bits per heavy atom. The highest BCUT2D eigenvalue weighted by Gasteiger charge is 2.26. The number of nitrogens with zero attached hydrogens (tertiary/aromatic N) is 4. The molecule has 1 amide bonds. The van der Waals surface area contributed by atoms with Crippen molar-refractivity contribution < 1.29 is 18.4 Å². The summed E-state index contributed by atoms with van der Waals surface area (Å²) in [5, 5.41) is 4.15. The number of aromatic nitrogens is 2. The molecule has 1 aromatic heterocycles. The van der Waals surface area contributed by atoms with Crippen molar-refractivity contribution in [2.24, 2.45) is 7.05 Å². The van der Waals surface area contributed by atoms with Crippen LogP contribution in [0, 0.1) is 11.6 Å². The maximum Gasteiger partial charge on any atom is 0.275 e. The maximum absolute atomic E-state index is 13.3. The van der Waals surface area contributed by atoms with Gasteiger partial charge in [0.2, 0.25) is 0 Å². The van der Waals surface area contributed by atoms with Crippen LogP contribution in [0.4, 0.5) is 8.78 Å². The average molecular weight is 427 g/mol. The van der Waals surface area contributed by atoms with Crippen LogP contribution in [0.1, 0.15) is 20.8 Å². The summed E-state index contributed by atoms with van der Waals surface area (Å²) in [7, 11) is 1.74. The molecular weight excluding hydrogens is 410 g/mol. The molecule has 9 heteroatoms. The van der Waals surface area contributed by atoms with Crippen LogP contribution in [0.5, 0.6) is 0 Å². The Morgan fingerprint density at radius 3 is 2.42 bits per heavy atom. The lowest BCUT2D eigenvalue weighted by Crippen LogP contribution is -2.50. The van der Waals surface area contributed by atoms with E-state index in [0.29, 0.717) is 36.3 Å². The van der Waals surface area contributed by atoms with Gasteiger partial charge in [0.05, 0.1) is 11.0 Å². The molecule has 26 heavy (non-hydrogen) atoms. The minimum atomic E-state index is -1.03. The number of carbonyl (C=O) groups excluding carboxylic acids is 2. The second-order valence-corrected chi connectivity index (χ2v) is 6.97. The summed E-state index contributed by atoms with van der Waals surface area (Å²) in [4.78, 5) is 28.3. The number of carbonyl (C=O) groups is 2. The summed E-state index contributed by atoms with van der Waals surface area (Å²) in [5.41, 5.74) is 0.499. The van der Waals surface area contributed by atoms with Gasteiger partial charge in [0.15, 0.2) is 23.1 Å². The standard InChI is InChI=1S/C17H17BrF2N4O2/c1-22-9-12(18)16(21-22)17(26)24-6-4-23(5-7-24)10-15(25)11-2-3-13(19)14(20)8-11/h2-3,8-9H,4-7,10H2,1H3. The number of hydrogen-bond acceptors (Lipinski definition) is 4. The topological polar surface area (TPSA) is 58.4 Å². The predicted octanol–water partition coefficient (Wildman–Crippen LogP) is 2.10. The van der Waals surface area contributed by atoms with Crippen molar-refractivity contribution in [2.75, 3.05) is 32.7 Å². The molecule has 2 heterocycles. The number of ketones is 1. The van der Waals surface area contributed by atoms with Gasteiger partial charge in [-0.25, -0.2) is 8.78 Å². The smallest absolute Gasteiger partial charge is 0.275 e. The van der Waals surface area contributed by atoms with Crippen molar-refractivity contribution in [3.63, 3.8) is 0 Å². The van der Waals surface area contributed by atoms with E-state index in [1.165, 1.54) is 6.07 Å². The van der Waals surface area contributed by atoms with Crippen LogP contribution in [0.15, 0.2) is 28.9 Å². The van der Waals surface area contributed by atoms with E-state index in [0.717, 1.165) is 12.1 Å². The molecule has 6 nitrogen and oxygen atoms in total. The Bertz CT molecular complexity index is 847. The quantitative estimate of drug-likeness (QED) is 0.702. The molecule has 0 bridgehead atoms. The summed E-state index contributed by atoms with van der Waals surface area (Å²) in [5.74, 6) is -2.46. The molecule has 1 aliphatic heterocycles. The van der Waals surface area contributed by atoms with E-state index in [1.54, 1.807) is 22.8 Å². The molecule has 0 radical (unpaired) electrons. The van der Waals surface area contributed by atoms with Gasteiger partial charge in [0.1, 0.15) is 0 Å².